The number of benzene rings is 1. The molecule has 0 spiro atoms. The van der Waals surface area contributed by atoms with Crippen LogP contribution in [0.2, 0.25) is 0 Å². The van der Waals surface area contributed by atoms with Gasteiger partial charge in [0.2, 0.25) is 0 Å². The van der Waals surface area contributed by atoms with E-state index in [9.17, 15) is 13.2 Å². The Kier molecular flexibility index (Phi) is 3.10. The molecule has 2 aliphatic rings. The highest BCUT2D eigenvalue weighted by atomic mass is 19.4. The topological polar surface area (TPSA) is 6.48 Å². The van der Waals surface area contributed by atoms with Gasteiger partial charge in [-0.05, 0) is 24.6 Å². The molecule has 1 saturated heterocycles. The fourth-order valence-electron chi connectivity index (χ4n) is 3.88. The highest BCUT2D eigenvalue weighted by Gasteiger charge is 2.57. The Hall–Kier alpha value is -1.07. The van der Waals surface area contributed by atoms with E-state index in [-0.39, 0.29) is 6.54 Å². The fourth-order valence-corrected chi connectivity index (χ4v) is 3.88. The number of halogens is 3. The summed E-state index contributed by atoms with van der Waals surface area (Å²) in [5.74, 6) is 0. The molecule has 110 valence electrons. The van der Waals surface area contributed by atoms with Gasteiger partial charge in [-0.3, -0.25) is 4.90 Å². The molecule has 2 aliphatic heterocycles. The number of alkyl halides is 3. The van der Waals surface area contributed by atoms with Crippen LogP contribution in [0.15, 0.2) is 24.3 Å². The lowest BCUT2D eigenvalue weighted by molar-refractivity contribution is -0.220. The van der Waals surface area contributed by atoms with Crippen molar-refractivity contribution in [3.05, 3.63) is 35.4 Å². The summed E-state index contributed by atoms with van der Waals surface area (Å²) in [6.45, 7) is 3.11. The minimum absolute atomic E-state index is 0.0548. The molecular formula is C15H19F3N2. The number of hydrogen-bond acceptors (Lipinski definition) is 2. The lowest BCUT2D eigenvalue weighted by Crippen LogP contribution is -2.64. The van der Waals surface area contributed by atoms with Gasteiger partial charge < -0.3 is 4.90 Å². The molecule has 0 aromatic heterocycles. The van der Waals surface area contributed by atoms with Crippen molar-refractivity contribution in [1.29, 1.82) is 0 Å². The standard InChI is InChI=1S/C15H19F3N2/c1-3-14-10-19(2)9-13(15(16,17)18)20(14)8-11-6-4-5-7-12(11)14/h4-7,13H,3,8-10H2,1-2H3. The zero-order chi connectivity index (χ0) is 14.5. The molecule has 1 fully saturated rings. The summed E-state index contributed by atoms with van der Waals surface area (Å²) in [4.78, 5) is 3.50. The minimum atomic E-state index is -4.18. The number of piperazine rings is 1. The SMILES string of the molecule is CCC12CN(C)CC(C(F)(F)F)N1Cc1ccccc12. The highest BCUT2D eigenvalue weighted by Crippen LogP contribution is 2.48. The van der Waals surface area contributed by atoms with Crippen molar-refractivity contribution in [2.24, 2.45) is 0 Å². The summed E-state index contributed by atoms with van der Waals surface area (Å²) in [7, 11) is 1.79. The first-order valence-corrected chi connectivity index (χ1v) is 6.99. The molecule has 1 aromatic carbocycles. The van der Waals surface area contributed by atoms with Crippen LogP contribution in [-0.2, 0) is 12.1 Å². The average Bonchev–Trinajstić information content (AvgIpc) is 2.71. The molecule has 20 heavy (non-hydrogen) atoms. The van der Waals surface area contributed by atoms with Crippen molar-refractivity contribution in [1.82, 2.24) is 9.80 Å². The second-order valence-corrected chi connectivity index (χ2v) is 5.92. The predicted octanol–water partition coefficient (Wildman–Crippen LogP) is 2.98. The van der Waals surface area contributed by atoms with Crippen molar-refractivity contribution >= 4 is 0 Å². The van der Waals surface area contributed by atoms with E-state index in [1.165, 1.54) is 0 Å². The van der Waals surface area contributed by atoms with Gasteiger partial charge in [-0.1, -0.05) is 31.2 Å². The molecule has 2 atom stereocenters. The highest BCUT2D eigenvalue weighted by molar-refractivity contribution is 5.40. The van der Waals surface area contributed by atoms with Gasteiger partial charge in [-0.15, -0.1) is 0 Å². The normalized spacial score (nSPS) is 31.1. The van der Waals surface area contributed by atoms with E-state index in [1.54, 1.807) is 11.9 Å². The zero-order valence-electron chi connectivity index (χ0n) is 11.7. The molecular weight excluding hydrogens is 265 g/mol. The molecule has 2 heterocycles. The van der Waals surface area contributed by atoms with Gasteiger partial charge in [-0.25, -0.2) is 0 Å². The Morgan fingerprint density at radius 1 is 1.30 bits per heavy atom. The minimum Gasteiger partial charge on any atom is -0.302 e. The van der Waals surface area contributed by atoms with E-state index in [2.05, 4.69) is 0 Å². The molecule has 2 unspecified atom stereocenters. The molecule has 1 aromatic rings. The van der Waals surface area contributed by atoms with Crippen LogP contribution in [-0.4, -0.2) is 42.2 Å². The lowest BCUT2D eigenvalue weighted by atomic mass is 9.83. The van der Waals surface area contributed by atoms with Gasteiger partial charge in [0, 0.05) is 19.6 Å². The summed E-state index contributed by atoms with van der Waals surface area (Å²) < 4.78 is 40.2. The monoisotopic (exact) mass is 284 g/mol. The van der Waals surface area contributed by atoms with Crippen LogP contribution >= 0.6 is 0 Å². The van der Waals surface area contributed by atoms with Crippen LogP contribution in [0.5, 0.6) is 0 Å². The van der Waals surface area contributed by atoms with Gasteiger partial charge in [0.25, 0.3) is 0 Å². The van der Waals surface area contributed by atoms with Crippen molar-refractivity contribution in [2.75, 3.05) is 20.1 Å². The third-order valence-corrected chi connectivity index (χ3v) is 4.76. The summed E-state index contributed by atoms with van der Waals surface area (Å²) >= 11 is 0. The van der Waals surface area contributed by atoms with Crippen molar-refractivity contribution in [3.63, 3.8) is 0 Å². The summed E-state index contributed by atoms with van der Waals surface area (Å²) in [5, 5.41) is 0. The number of likely N-dealkylation sites (N-methyl/N-ethyl adjacent to an activating group) is 1. The molecule has 0 amide bonds. The third kappa shape index (κ3) is 1.87. The first-order valence-electron chi connectivity index (χ1n) is 6.99. The van der Waals surface area contributed by atoms with Crippen molar-refractivity contribution in [2.45, 2.75) is 37.6 Å². The van der Waals surface area contributed by atoms with Crippen LogP contribution in [0.4, 0.5) is 13.2 Å². The summed E-state index contributed by atoms with van der Waals surface area (Å²) in [6, 6.07) is 6.40. The maximum Gasteiger partial charge on any atom is 0.405 e. The second kappa shape index (κ2) is 4.46. The van der Waals surface area contributed by atoms with Gasteiger partial charge in [0.05, 0.1) is 5.54 Å². The van der Waals surface area contributed by atoms with Crippen LogP contribution in [0.25, 0.3) is 0 Å². The molecule has 0 aliphatic carbocycles. The Balaban J connectivity index is 2.10. The van der Waals surface area contributed by atoms with Gasteiger partial charge in [0.15, 0.2) is 0 Å². The number of nitrogens with zero attached hydrogens (tertiary/aromatic N) is 2. The van der Waals surface area contributed by atoms with E-state index >= 15 is 0 Å². The Morgan fingerprint density at radius 3 is 2.65 bits per heavy atom. The van der Waals surface area contributed by atoms with Gasteiger partial charge in [-0.2, -0.15) is 13.2 Å². The maximum absolute atomic E-state index is 13.4. The summed E-state index contributed by atoms with van der Waals surface area (Å²) in [6.07, 6.45) is -3.49. The van der Waals surface area contributed by atoms with E-state index in [0.717, 1.165) is 11.1 Å². The van der Waals surface area contributed by atoms with Crippen molar-refractivity contribution < 1.29 is 13.2 Å². The number of hydrogen-bond donors (Lipinski definition) is 0. The number of fused-ring (bicyclic) bond motifs is 3. The van der Waals surface area contributed by atoms with E-state index in [4.69, 9.17) is 0 Å². The molecule has 5 heteroatoms. The Morgan fingerprint density at radius 2 is 2.00 bits per heavy atom. The van der Waals surface area contributed by atoms with Crippen LogP contribution in [0.3, 0.4) is 0 Å². The number of rotatable bonds is 1. The van der Waals surface area contributed by atoms with E-state index in [1.807, 2.05) is 36.1 Å². The summed E-state index contributed by atoms with van der Waals surface area (Å²) in [5.41, 5.74) is 1.62. The molecule has 2 nitrogen and oxygen atoms in total. The second-order valence-electron chi connectivity index (χ2n) is 5.92. The molecule has 0 radical (unpaired) electrons. The average molecular weight is 284 g/mol. The lowest BCUT2D eigenvalue weighted by Gasteiger charge is -2.51. The largest absolute Gasteiger partial charge is 0.405 e. The molecule has 0 bridgehead atoms. The Bertz CT molecular complexity index is 514. The van der Waals surface area contributed by atoms with Crippen LogP contribution in [0.1, 0.15) is 24.5 Å². The first-order chi connectivity index (χ1) is 9.38. The molecule has 0 saturated carbocycles. The van der Waals surface area contributed by atoms with Crippen molar-refractivity contribution in [3.8, 4) is 0 Å². The fraction of sp³-hybridized carbons (Fsp3) is 0.600. The van der Waals surface area contributed by atoms with Gasteiger partial charge >= 0.3 is 6.18 Å². The smallest absolute Gasteiger partial charge is 0.302 e. The van der Waals surface area contributed by atoms with Gasteiger partial charge in [0.1, 0.15) is 6.04 Å². The van der Waals surface area contributed by atoms with E-state index < -0.39 is 17.8 Å². The quantitative estimate of drug-likeness (QED) is 0.782. The van der Waals surface area contributed by atoms with Crippen LogP contribution in [0, 0.1) is 0 Å². The Labute approximate surface area is 117 Å². The molecule has 3 rings (SSSR count). The predicted molar refractivity (Wildman–Crippen MR) is 71.3 cm³/mol. The zero-order valence-corrected chi connectivity index (χ0v) is 11.7. The van der Waals surface area contributed by atoms with Crippen LogP contribution < -0.4 is 0 Å². The molecule has 0 N–H and O–H groups in total. The van der Waals surface area contributed by atoms with E-state index in [0.29, 0.717) is 19.5 Å². The first kappa shape index (κ1) is 13.9. The maximum atomic E-state index is 13.4. The third-order valence-electron chi connectivity index (χ3n) is 4.76.